The van der Waals surface area contributed by atoms with E-state index in [2.05, 4.69) is 35.8 Å². The lowest BCUT2D eigenvalue weighted by Gasteiger charge is -2.16. The summed E-state index contributed by atoms with van der Waals surface area (Å²) in [5, 5.41) is 0. The second-order valence-electron chi connectivity index (χ2n) is 4.77. The molecule has 0 aromatic heterocycles. The third-order valence-electron chi connectivity index (χ3n) is 3.24. The molecule has 2 aromatic carbocycles. The van der Waals surface area contributed by atoms with Crippen molar-refractivity contribution in [1.29, 1.82) is 0 Å². The highest BCUT2D eigenvalue weighted by molar-refractivity contribution is 9.10. The lowest BCUT2D eigenvalue weighted by Crippen LogP contribution is -2.07. The number of ether oxygens (including phenoxy) is 1. The number of nitrogens with two attached hydrogens (primary N) is 1. The fraction of sp³-hybridized carbons (Fsp3) is 0.250. The average molecular weight is 320 g/mol. The van der Waals surface area contributed by atoms with Crippen molar-refractivity contribution in [2.45, 2.75) is 26.8 Å². The van der Waals surface area contributed by atoms with Crippen LogP contribution in [-0.4, -0.2) is 0 Å². The Labute approximate surface area is 122 Å². The van der Waals surface area contributed by atoms with Crippen molar-refractivity contribution in [2.75, 3.05) is 0 Å². The SMILES string of the molecule is Cc1cccc(Oc2ccc(Br)cc2C(C)N)c1C. The summed E-state index contributed by atoms with van der Waals surface area (Å²) in [5.74, 6) is 1.69. The molecule has 2 rings (SSSR count). The molecule has 2 N–H and O–H groups in total. The van der Waals surface area contributed by atoms with E-state index < -0.39 is 0 Å². The normalized spacial score (nSPS) is 12.3. The largest absolute Gasteiger partial charge is 0.457 e. The molecular weight excluding hydrogens is 302 g/mol. The quantitative estimate of drug-likeness (QED) is 0.875. The van der Waals surface area contributed by atoms with E-state index in [9.17, 15) is 0 Å². The summed E-state index contributed by atoms with van der Waals surface area (Å²) in [6.07, 6.45) is 0. The molecule has 19 heavy (non-hydrogen) atoms. The van der Waals surface area contributed by atoms with E-state index in [1.165, 1.54) is 5.56 Å². The zero-order valence-electron chi connectivity index (χ0n) is 11.4. The summed E-state index contributed by atoms with van der Waals surface area (Å²) in [4.78, 5) is 0. The highest BCUT2D eigenvalue weighted by atomic mass is 79.9. The molecule has 1 unspecified atom stereocenters. The fourth-order valence-electron chi connectivity index (χ4n) is 1.92. The van der Waals surface area contributed by atoms with Crippen molar-refractivity contribution in [3.8, 4) is 11.5 Å². The van der Waals surface area contributed by atoms with Crippen LogP contribution in [0.2, 0.25) is 0 Å². The molecule has 0 heterocycles. The van der Waals surface area contributed by atoms with Crippen LogP contribution in [0.3, 0.4) is 0 Å². The highest BCUT2D eigenvalue weighted by Crippen LogP contribution is 2.33. The zero-order valence-corrected chi connectivity index (χ0v) is 13.0. The molecule has 2 nitrogen and oxygen atoms in total. The zero-order chi connectivity index (χ0) is 14.0. The van der Waals surface area contributed by atoms with Crippen LogP contribution in [0.4, 0.5) is 0 Å². The summed E-state index contributed by atoms with van der Waals surface area (Å²) < 4.78 is 7.04. The predicted molar refractivity (Wildman–Crippen MR) is 82.7 cm³/mol. The minimum absolute atomic E-state index is 0.0717. The predicted octanol–water partition coefficient (Wildman–Crippen LogP) is 4.88. The summed E-state index contributed by atoms with van der Waals surface area (Å²) >= 11 is 3.47. The van der Waals surface area contributed by atoms with Gasteiger partial charge in [-0.15, -0.1) is 0 Å². The van der Waals surface area contributed by atoms with Crippen LogP contribution in [0.15, 0.2) is 40.9 Å². The number of hydrogen-bond donors (Lipinski definition) is 1. The summed E-state index contributed by atoms with van der Waals surface area (Å²) in [6.45, 7) is 6.10. The average Bonchev–Trinajstić information content (AvgIpc) is 2.36. The molecule has 0 radical (unpaired) electrons. The highest BCUT2D eigenvalue weighted by Gasteiger charge is 2.11. The van der Waals surface area contributed by atoms with Gasteiger partial charge < -0.3 is 10.5 Å². The Kier molecular flexibility index (Phi) is 4.27. The molecule has 2 aromatic rings. The van der Waals surface area contributed by atoms with Crippen LogP contribution in [0.1, 0.15) is 29.7 Å². The van der Waals surface area contributed by atoms with Gasteiger partial charge in [-0.1, -0.05) is 28.1 Å². The maximum Gasteiger partial charge on any atom is 0.132 e. The molecule has 1 atom stereocenters. The second-order valence-corrected chi connectivity index (χ2v) is 5.69. The summed E-state index contributed by atoms with van der Waals surface area (Å²) in [6, 6.07) is 11.9. The first-order valence-corrected chi connectivity index (χ1v) is 7.07. The van der Waals surface area contributed by atoms with Gasteiger partial charge in [-0.2, -0.15) is 0 Å². The molecule has 0 aliphatic rings. The Hall–Kier alpha value is -1.32. The fourth-order valence-corrected chi connectivity index (χ4v) is 2.30. The number of aryl methyl sites for hydroxylation is 1. The van der Waals surface area contributed by atoms with E-state index in [-0.39, 0.29) is 6.04 Å². The molecule has 0 spiro atoms. The standard InChI is InChI=1S/C16H18BrNO/c1-10-5-4-6-15(11(10)2)19-16-8-7-13(17)9-14(16)12(3)18/h4-9,12H,18H2,1-3H3. The van der Waals surface area contributed by atoms with Crippen LogP contribution >= 0.6 is 15.9 Å². The molecule has 0 amide bonds. The van der Waals surface area contributed by atoms with Crippen molar-refractivity contribution in [3.05, 3.63) is 57.6 Å². The lowest BCUT2D eigenvalue weighted by atomic mass is 10.1. The van der Waals surface area contributed by atoms with Gasteiger partial charge in [0.15, 0.2) is 0 Å². The Balaban J connectivity index is 2.41. The van der Waals surface area contributed by atoms with E-state index in [0.717, 1.165) is 27.1 Å². The molecule has 0 bridgehead atoms. The smallest absolute Gasteiger partial charge is 0.132 e. The first-order chi connectivity index (χ1) is 8.99. The van der Waals surface area contributed by atoms with Crippen LogP contribution in [0.5, 0.6) is 11.5 Å². The first kappa shape index (κ1) is 14.1. The van der Waals surface area contributed by atoms with Crippen LogP contribution in [0.25, 0.3) is 0 Å². The van der Waals surface area contributed by atoms with Gasteiger partial charge >= 0.3 is 0 Å². The third-order valence-corrected chi connectivity index (χ3v) is 3.73. The van der Waals surface area contributed by atoms with Gasteiger partial charge in [0.2, 0.25) is 0 Å². The number of benzene rings is 2. The van der Waals surface area contributed by atoms with E-state index in [1.54, 1.807) is 0 Å². The monoisotopic (exact) mass is 319 g/mol. The van der Waals surface area contributed by atoms with Gasteiger partial charge in [0.1, 0.15) is 11.5 Å². The second kappa shape index (κ2) is 5.76. The first-order valence-electron chi connectivity index (χ1n) is 6.28. The van der Waals surface area contributed by atoms with Gasteiger partial charge in [-0.3, -0.25) is 0 Å². The van der Waals surface area contributed by atoms with Gasteiger partial charge in [0.05, 0.1) is 0 Å². The van der Waals surface area contributed by atoms with Crippen LogP contribution < -0.4 is 10.5 Å². The minimum Gasteiger partial charge on any atom is -0.457 e. The minimum atomic E-state index is -0.0717. The van der Waals surface area contributed by atoms with Crippen LogP contribution in [0, 0.1) is 13.8 Å². The Morgan fingerprint density at radius 1 is 1.11 bits per heavy atom. The molecular formula is C16H18BrNO. The van der Waals surface area contributed by atoms with E-state index in [0.29, 0.717) is 0 Å². The Bertz CT molecular complexity index is 593. The van der Waals surface area contributed by atoms with Crippen molar-refractivity contribution < 1.29 is 4.74 Å². The van der Waals surface area contributed by atoms with Gasteiger partial charge in [0.25, 0.3) is 0 Å². The van der Waals surface area contributed by atoms with E-state index >= 15 is 0 Å². The Morgan fingerprint density at radius 2 is 1.84 bits per heavy atom. The van der Waals surface area contributed by atoms with Crippen molar-refractivity contribution in [1.82, 2.24) is 0 Å². The maximum absolute atomic E-state index is 6.04. The Morgan fingerprint density at radius 3 is 2.53 bits per heavy atom. The van der Waals surface area contributed by atoms with E-state index in [4.69, 9.17) is 10.5 Å². The lowest BCUT2D eigenvalue weighted by molar-refractivity contribution is 0.468. The molecule has 0 saturated heterocycles. The molecule has 0 aliphatic heterocycles. The third kappa shape index (κ3) is 3.17. The number of halogens is 1. The molecule has 0 fully saturated rings. The van der Waals surface area contributed by atoms with Crippen molar-refractivity contribution in [3.63, 3.8) is 0 Å². The van der Waals surface area contributed by atoms with Gasteiger partial charge in [-0.25, -0.2) is 0 Å². The van der Waals surface area contributed by atoms with E-state index in [1.807, 2.05) is 37.3 Å². The van der Waals surface area contributed by atoms with Gasteiger partial charge in [0, 0.05) is 16.1 Å². The number of hydrogen-bond acceptors (Lipinski definition) is 2. The maximum atomic E-state index is 6.04. The summed E-state index contributed by atoms with van der Waals surface area (Å²) in [5.41, 5.74) is 9.37. The van der Waals surface area contributed by atoms with Gasteiger partial charge in [-0.05, 0) is 56.2 Å². The molecule has 3 heteroatoms. The topological polar surface area (TPSA) is 35.2 Å². The molecule has 0 saturated carbocycles. The molecule has 0 aliphatic carbocycles. The summed E-state index contributed by atoms with van der Waals surface area (Å²) in [7, 11) is 0. The van der Waals surface area contributed by atoms with Crippen molar-refractivity contribution in [2.24, 2.45) is 5.73 Å². The van der Waals surface area contributed by atoms with Crippen LogP contribution in [-0.2, 0) is 0 Å². The van der Waals surface area contributed by atoms with Crippen molar-refractivity contribution >= 4 is 15.9 Å². The number of rotatable bonds is 3. The molecule has 100 valence electrons.